The van der Waals surface area contributed by atoms with Crippen LogP contribution < -0.4 is 0 Å². The van der Waals surface area contributed by atoms with Crippen LogP contribution in [0.3, 0.4) is 0 Å². The SMILES string of the molecule is CCOC(=O)c1n[nH]c(C)c1Cc1ccc(Br)cc1. The van der Waals surface area contributed by atoms with E-state index in [0.29, 0.717) is 18.7 Å². The molecule has 2 rings (SSSR count). The van der Waals surface area contributed by atoms with Crippen molar-refractivity contribution >= 4 is 21.9 Å². The van der Waals surface area contributed by atoms with Crippen molar-refractivity contribution < 1.29 is 9.53 Å². The third kappa shape index (κ3) is 3.23. The van der Waals surface area contributed by atoms with Gasteiger partial charge in [-0.3, -0.25) is 5.10 Å². The van der Waals surface area contributed by atoms with Gasteiger partial charge < -0.3 is 4.74 Å². The molecule has 1 heterocycles. The van der Waals surface area contributed by atoms with Crippen molar-refractivity contribution in [2.75, 3.05) is 6.61 Å². The van der Waals surface area contributed by atoms with Crippen LogP contribution in [0.4, 0.5) is 0 Å². The molecule has 2 aromatic rings. The maximum Gasteiger partial charge on any atom is 0.359 e. The number of aryl methyl sites for hydroxylation is 1. The fraction of sp³-hybridized carbons (Fsp3) is 0.286. The number of halogens is 1. The highest BCUT2D eigenvalue weighted by Gasteiger charge is 2.18. The molecular formula is C14H15BrN2O2. The number of H-pyrrole nitrogens is 1. The molecule has 1 N–H and O–H groups in total. The van der Waals surface area contributed by atoms with Crippen LogP contribution in [0.15, 0.2) is 28.7 Å². The lowest BCUT2D eigenvalue weighted by Crippen LogP contribution is -2.08. The lowest BCUT2D eigenvalue weighted by Gasteiger charge is -2.04. The van der Waals surface area contributed by atoms with E-state index < -0.39 is 0 Å². The fourth-order valence-corrected chi connectivity index (χ4v) is 2.11. The molecule has 0 radical (unpaired) electrons. The first-order valence-corrected chi connectivity index (χ1v) is 6.86. The molecule has 0 atom stereocenters. The van der Waals surface area contributed by atoms with Gasteiger partial charge in [0.25, 0.3) is 0 Å². The molecule has 0 unspecified atom stereocenters. The number of benzene rings is 1. The summed E-state index contributed by atoms with van der Waals surface area (Å²) in [6, 6.07) is 8.00. The molecule has 1 aromatic heterocycles. The molecule has 0 fully saturated rings. The molecule has 19 heavy (non-hydrogen) atoms. The molecule has 0 spiro atoms. The highest BCUT2D eigenvalue weighted by molar-refractivity contribution is 9.10. The number of aromatic amines is 1. The molecule has 4 nitrogen and oxygen atoms in total. The van der Waals surface area contributed by atoms with Crippen LogP contribution in [0.2, 0.25) is 0 Å². The third-order valence-corrected chi connectivity index (χ3v) is 3.37. The number of carbonyl (C=O) groups excluding carboxylic acids is 1. The smallest absolute Gasteiger partial charge is 0.359 e. The number of aromatic nitrogens is 2. The Balaban J connectivity index is 2.26. The number of nitrogens with zero attached hydrogens (tertiary/aromatic N) is 1. The summed E-state index contributed by atoms with van der Waals surface area (Å²) >= 11 is 3.40. The van der Waals surface area contributed by atoms with E-state index in [1.54, 1.807) is 6.92 Å². The van der Waals surface area contributed by atoms with Gasteiger partial charge in [-0.05, 0) is 31.5 Å². The van der Waals surface area contributed by atoms with E-state index >= 15 is 0 Å². The summed E-state index contributed by atoms with van der Waals surface area (Å²) < 4.78 is 6.04. The van der Waals surface area contributed by atoms with Crippen molar-refractivity contribution in [1.29, 1.82) is 0 Å². The van der Waals surface area contributed by atoms with E-state index in [1.807, 2.05) is 31.2 Å². The Bertz CT molecular complexity index is 576. The van der Waals surface area contributed by atoms with E-state index in [9.17, 15) is 4.79 Å². The number of carbonyl (C=O) groups is 1. The van der Waals surface area contributed by atoms with Crippen LogP contribution in [0, 0.1) is 6.92 Å². The summed E-state index contributed by atoms with van der Waals surface area (Å²) in [6.07, 6.45) is 0.657. The predicted molar refractivity (Wildman–Crippen MR) is 76.2 cm³/mol. The molecular weight excluding hydrogens is 308 g/mol. The Kier molecular flexibility index (Phi) is 4.37. The van der Waals surface area contributed by atoms with Gasteiger partial charge in [-0.2, -0.15) is 5.10 Å². The van der Waals surface area contributed by atoms with E-state index in [4.69, 9.17) is 4.74 Å². The third-order valence-electron chi connectivity index (χ3n) is 2.84. The van der Waals surface area contributed by atoms with Crippen LogP contribution in [0.25, 0.3) is 0 Å². The highest BCUT2D eigenvalue weighted by atomic mass is 79.9. The van der Waals surface area contributed by atoms with Gasteiger partial charge in [0.15, 0.2) is 5.69 Å². The Labute approximate surface area is 120 Å². The molecule has 0 amide bonds. The Hall–Kier alpha value is -1.62. The monoisotopic (exact) mass is 322 g/mol. The number of rotatable bonds is 4. The minimum Gasteiger partial charge on any atom is -0.461 e. The zero-order valence-corrected chi connectivity index (χ0v) is 12.5. The van der Waals surface area contributed by atoms with Crippen LogP contribution in [0.5, 0.6) is 0 Å². The summed E-state index contributed by atoms with van der Waals surface area (Å²) in [5, 5.41) is 6.89. The second kappa shape index (κ2) is 6.02. The molecule has 0 aliphatic carbocycles. The molecule has 1 aromatic carbocycles. The van der Waals surface area contributed by atoms with Crippen molar-refractivity contribution in [2.24, 2.45) is 0 Å². The first-order valence-electron chi connectivity index (χ1n) is 6.07. The maximum absolute atomic E-state index is 11.8. The van der Waals surface area contributed by atoms with Gasteiger partial charge in [-0.1, -0.05) is 28.1 Å². The summed E-state index contributed by atoms with van der Waals surface area (Å²) in [7, 11) is 0. The standard InChI is InChI=1S/C14H15BrN2O2/c1-3-19-14(18)13-12(9(2)16-17-13)8-10-4-6-11(15)7-5-10/h4-7H,3,8H2,1-2H3,(H,16,17). The van der Waals surface area contributed by atoms with Gasteiger partial charge in [0.05, 0.1) is 6.61 Å². The molecule has 100 valence electrons. The van der Waals surface area contributed by atoms with Crippen molar-refractivity contribution in [1.82, 2.24) is 10.2 Å². The van der Waals surface area contributed by atoms with Crippen molar-refractivity contribution in [3.05, 3.63) is 51.3 Å². The van der Waals surface area contributed by atoms with Crippen molar-refractivity contribution in [2.45, 2.75) is 20.3 Å². The van der Waals surface area contributed by atoms with E-state index in [2.05, 4.69) is 26.1 Å². The largest absolute Gasteiger partial charge is 0.461 e. The number of esters is 1. The van der Waals surface area contributed by atoms with Gasteiger partial charge in [0.2, 0.25) is 0 Å². The first kappa shape index (κ1) is 13.8. The topological polar surface area (TPSA) is 55.0 Å². The second-order valence-electron chi connectivity index (χ2n) is 4.20. The summed E-state index contributed by atoms with van der Waals surface area (Å²) in [6.45, 7) is 4.04. The Morgan fingerprint density at radius 1 is 1.37 bits per heavy atom. The Morgan fingerprint density at radius 3 is 2.68 bits per heavy atom. The van der Waals surface area contributed by atoms with Gasteiger partial charge in [-0.15, -0.1) is 0 Å². The quantitative estimate of drug-likeness (QED) is 0.879. The highest BCUT2D eigenvalue weighted by Crippen LogP contribution is 2.18. The molecule has 5 heteroatoms. The van der Waals surface area contributed by atoms with E-state index in [-0.39, 0.29) is 5.97 Å². The average molecular weight is 323 g/mol. The van der Waals surface area contributed by atoms with Crippen LogP contribution in [-0.4, -0.2) is 22.8 Å². The average Bonchev–Trinajstić information content (AvgIpc) is 2.74. The molecule has 0 aliphatic heterocycles. The lowest BCUT2D eigenvalue weighted by atomic mass is 10.0. The van der Waals surface area contributed by atoms with Crippen LogP contribution in [-0.2, 0) is 11.2 Å². The van der Waals surface area contributed by atoms with Crippen molar-refractivity contribution in [3.8, 4) is 0 Å². The van der Waals surface area contributed by atoms with Gasteiger partial charge in [-0.25, -0.2) is 4.79 Å². The lowest BCUT2D eigenvalue weighted by molar-refractivity contribution is 0.0518. The number of nitrogens with one attached hydrogen (secondary N) is 1. The van der Waals surface area contributed by atoms with Gasteiger partial charge >= 0.3 is 5.97 Å². The summed E-state index contributed by atoms with van der Waals surface area (Å²) in [5.41, 5.74) is 3.28. The second-order valence-corrected chi connectivity index (χ2v) is 5.12. The van der Waals surface area contributed by atoms with E-state index in [1.165, 1.54) is 0 Å². The van der Waals surface area contributed by atoms with Crippen LogP contribution in [0.1, 0.15) is 34.2 Å². The maximum atomic E-state index is 11.8. The van der Waals surface area contributed by atoms with E-state index in [0.717, 1.165) is 21.3 Å². The molecule has 0 saturated carbocycles. The zero-order chi connectivity index (χ0) is 13.8. The minimum absolute atomic E-state index is 0.350. The number of ether oxygens (including phenoxy) is 1. The number of hydrogen-bond donors (Lipinski definition) is 1. The van der Waals surface area contributed by atoms with Gasteiger partial charge in [0.1, 0.15) is 0 Å². The number of hydrogen-bond acceptors (Lipinski definition) is 3. The molecule has 0 saturated heterocycles. The fourth-order valence-electron chi connectivity index (χ4n) is 1.84. The normalized spacial score (nSPS) is 10.5. The van der Waals surface area contributed by atoms with Gasteiger partial charge in [0, 0.05) is 22.2 Å². The summed E-state index contributed by atoms with van der Waals surface area (Å²) in [4.78, 5) is 11.8. The van der Waals surface area contributed by atoms with Crippen LogP contribution >= 0.6 is 15.9 Å². The minimum atomic E-state index is -0.376. The first-order chi connectivity index (χ1) is 9.11. The molecule has 0 bridgehead atoms. The predicted octanol–water partition coefficient (Wildman–Crippen LogP) is 3.25. The summed E-state index contributed by atoms with van der Waals surface area (Å²) in [5.74, 6) is -0.376. The molecule has 0 aliphatic rings. The van der Waals surface area contributed by atoms with Crippen molar-refractivity contribution in [3.63, 3.8) is 0 Å². The Morgan fingerprint density at radius 2 is 2.05 bits per heavy atom. The zero-order valence-electron chi connectivity index (χ0n) is 10.9.